The number of allylic oxidation sites excluding steroid dienone is 1. The molecule has 2 aliphatic rings. The molecule has 1 atom stereocenters. The second-order valence-corrected chi connectivity index (χ2v) is 12.4. The molecule has 0 N–H and O–H groups in total. The number of para-hydroxylation sites is 1. The zero-order valence-corrected chi connectivity index (χ0v) is 27.1. The van der Waals surface area contributed by atoms with Gasteiger partial charge in [0.05, 0.1) is 42.8 Å². The molecular formula is C34H29Cl2N3O5S. The van der Waals surface area contributed by atoms with Crippen LogP contribution in [0.25, 0.3) is 5.57 Å². The van der Waals surface area contributed by atoms with Gasteiger partial charge in [-0.2, -0.15) is 0 Å². The van der Waals surface area contributed by atoms with Crippen LogP contribution in [0.4, 0.5) is 5.69 Å². The molecule has 0 fully saturated rings. The van der Waals surface area contributed by atoms with Crippen LogP contribution in [-0.2, 0) is 20.9 Å². The Balaban J connectivity index is 1.62. The van der Waals surface area contributed by atoms with E-state index in [0.29, 0.717) is 62.5 Å². The molecule has 3 heterocycles. The lowest BCUT2D eigenvalue weighted by Crippen LogP contribution is -2.41. The first kappa shape index (κ1) is 30.8. The summed E-state index contributed by atoms with van der Waals surface area (Å²) in [6, 6.07) is 18.8. The largest absolute Gasteiger partial charge is 0.496 e. The number of rotatable bonds is 8. The molecule has 6 rings (SSSR count). The monoisotopic (exact) mass is 661 g/mol. The van der Waals surface area contributed by atoms with Crippen LogP contribution in [0.5, 0.6) is 5.75 Å². The van der Waals surface area contributed by atoms with Gasteiger partial charge in [-0.25, -0.2) is 9.79 Å². The Hall–Kier alpha value is -4.18. The minimum Gasteiger partial charge on any atom is -0.496 e. The third-order valence-corrected chi connectivity index (χ3v) is 9.30. The fourth-order valence-electron chi connectivity index (χ4n) is 5.81. The Labute approximate surface area is 273 Å². The number of carbonyl (C=O) groups excluding carboxylic acids is 2. The lowest BCUT2D eigenvalue weighted by atomic mass is 9.93. The molecular weight excluding hydrogens is 633 g/mol. The second-order valence-electron chi connectivity index (χ2n) is 10.5. The third kappa shape index (κ3) is 5.49. The van der Waals surface area contributed by atoms with Crippen molar-refractivity contribution in [3.8, 4) is 5.75 Å². The Morgan fingerprint density at radius 3 is 2.44 bits per heavy atom. The molecule has 230 valence electrons. The van der Waals surface area contributed by atoms with Crippen LogP contribution in [0.1, 0.15) is 49.4 Å². The van der Waals surface area contributed by atoms with Crippen molar-refractivity contribution in [2.24, 2.45) is 4.99 Å². The van der Waals surface area contributed by atoms with Gasteiger partial charge in [-0.3, -0.25) is 14.2 Å². The highest BCUT2D eigenvalue weighted by Crippen LogP contribution is 2.39. The number of methoxy groups -OCH3 is 1. The van der Waals surface area contributed by atoms with E-state index < -0.39 is 17.6 Å². The lowest BCUT2D eigenvalue weighted by Gasteiger charge is -2.27. The fourth-order valence-corrected chi connectivity index (χ4v) is 7.23. The van der Waals surface area contributed by atoms with Crippen molar-refractivity contribution in [2.45, 2.75) is 39.3 Å². The van der Waals surface area contributed by atoms with E-state index in [1.165, 1.54) is 11.7 Å². The first-order valence-corrected chi connectivity index (χ1v) is 16.1. The SMILES string of the molecule is CCCC1=C(C(=O)OCC)[C@@H](c2cc(Cl)ccc2OC)n2c(s/c(=C3\C(=O)N(Cc4ccc(Cl)cc4)c4ccccc43)c2=O)=N1. The van der Waals surface area contributed by atoms with Crippen LogP contribution >= 0.6 is 34.5 Å². The quantitative estimate of drug-likeness (QED) is 0.222. The molecule has 0 aliphatic carbocycles. The standard InChI is InChI=1S/C34H29Cl2N3O5S/c1-4-8-24-28(33(42)44-5-2)29(23-17-21(36)15-16-26(23)43-3)39-32(41)30(45-34(39)37-24)27-22-9-6-7-10-25(22)38(31(27)40)18-19-11-13-20(35)14-12-19/h6-7,9-17,29H,4-5,8,18H2,1-3H3/b30-27-/t29-/m1/s1. The molecule has 0 bridgehead atoms. The van der Waals surface area contributed by atoms with Gasteiger partial charge in [-0.15, -0.1) is 0 Å². The average molecular weight is 663 g/mol. The Morgan fingerprint density at radius 2 is 1.73 bits per heavy atom. The first-order valence-electron chi connectivity index (χ1n) is 14.5. The summed E-state index contributed by atoms with van der Waals surface area (Å²) >= 11 is 13.7. The predicted molar refractivity (Wildman–Crippen MR) is 176 cm³/mol. The Bertz CT molecular complexity index is 2050. The van der Waals surface area contributed by atoms with Gasteiger partial charge in [0.2, 0.25) is 0 Å². The maximum absolute atomic E-state index is 14.6. The summed E-state index contributed by atoms with van der Waals surface area (Å²) in [6.45, 7) is 4.15. The van der Waals surface area contributed by atoms with Crippen LogP contribution in [-0.4, -0.2) is 30.2 Å². The highest BCUT2D eigenvalue weighted by molar-refractivity contribution is 7.07. The zero-order chi connectivity index (χ0) is 31.8. The number of thiazole rings is 1. The van der Waals surface area contributed by atoms with E-state index in [1.54, 1.807) is 42.2 Å². The molecule has 0 saturated heterocycles. The zero-order valence-electron chi connectivity index (χ0n) is 24.8. The van der Waals surface area contributed by atoms with Gasteiger partial charge in [0, 0.05) is 21.2 Å². The number of amides is 1. The maximum Gasteiger partial charge on any atom is 0.338 e. The van der Waals surface area contributed by atoms with Gasteiger partial charge >= 0.3 is 5.97 Å². The minimum atomic E-state index is -0.943. The van der Waals surface area contributed by atoms with Crippen LogP contribution in [0.3, 0.4) is 0 Å². The third-order valence-electron chi connectivity index (χ3n) is 7.76. The molecule has 0 saturated carbocycles. The summed E-state index contributed by atoms with van der Waals surface area (Å²) in [4.78, 5) is 49.2. The van der Waals surface area contributed by atoms with Crippen LogP contribution in [0.15, 0.2) is 87.8 Å². The van der Waals surface area contributed by atoms with Gasteiger partial charge < -0.3 is 14.4 Å². The summed E-state index contributed by atoms with van der Waals surface area (Å²) in [5, 5.41) is 1.01. The number of benzene rings is 3. The van der Waals surface area contributed by atoms with E-state index in [2.05, 4.69) is 0 Å². The molecule has 1 amide bonds. The van der Waals surface area contributed by atoms with Crippen molar-refractivity contribution in [2.75, 3.05) is 18.6 Å². The molecule has 8 nitrogen and oxygen atoms in total. The lowest BCUT2D eigenvalue weighted by molar-refractivity contribution is -0.139. The van der Waals surface area contributed by atoms with E-state index in [4.69, 9.17) is 37.7 Å². The Morgan fingerprint density at radius 1 is 1.00 bits per heavy atom. The highest BCUT2D eigenvalue weighted by atomic mass is 35.5. The molecule has 0 radical (unpaired) electrons. The average Bonchev–Trinajstić information content (AvgIpc) is 3.49. The number of ether oxygens (including phenoxy) is 2. The minimum absolute atomic E-state index is 0.143. The summed E-state index contributed by atoms with van der Waals surface area (Å²) in [6.07, 6.45) is 1.18. The Kier molecular flexibility index (Phi) is 8.68. The van der Waals surface area contributed by atoms with Crippen molar-refractivity contribution >= 4 is 57.7 Å². The molecule has 2 aliphatic heterocycles. The number of carbonyl (C=O) groups is 2. The summed E-state index contributed by atoms with van der Waals surface area (Å²) in [5.41, 5.74) is 3.35. The molecule has 4 aromatic rings. The van der Waals surface area contributed by atoms with E-state index in [-0.39, 0.29) is 28.2 Å². The van der Waals surface area contributed by atoms with Crippen molar-refractivity contribution < 1.29 is 19.1 Å². The van der Waals surface area contributed by atoms with Crippen molar-refractivity contribution in [3.05, 3.63) is 124 Å². The number of nitrogens with zero attached hydrogens (tertiary/aromatic N) is 3. The van der Waals surface area contributed by atoms with E-state index in [9.17, 15) is 14.4 Å². The van der Waals surface area contributed by atoms with Crippen molar-refractivity contribution in [1.82, 2.24) is 4.57 Å². The number of esters is 1. The number of fused-ring (bicyclic) bond motifs is 2. The van der Waals surface area contributed by atoms with E-state index >= 15 is 0 Å². The topological polar surface area (TPSA) is 90.2 Å². The van der Waals surface area contributed by atoms with Gasteiger partial charge in [0.1, 0.15) is 16.3 Å². The smallest absolute Gasteiger partial charge is 0.338 e. The number of halogens is 2. The summed E-state index contributed by atoms with van der Waals surface area (Å²) in [7, 11) is 1.52. The van der Waals surface area contributed by atoms with E-state index in [1.807, 2.05) is 43.3 Å². The molecule has 3 aromatic carbocycles. The highest BCUT2D eigenvalue weighted by Gasteiger charge is 2.39. The summed E-state index contributed by atoms with van der Waals surface area (Å²) in [5.74, 6) is -0.434. The normalized spacial score (nSPS) is 16.8. The second kappa shape index (κ2) is 12.7. The van der Waals surface area contributed by atoms with Crippen LogP contribution in [0.2, 0.25) is 10.0 Å². The fraction of sp³-hybridized carbons (Fsp3) is 0.235. The molecule has 0 spiro atoms. The van der Waals surface area contributed by atoms with Gasteiger partial charge in [0.15, 0.2) is 4.80 Å². The van der Waals surface area contributed by atoms with Crippen molar-refractivity contribution in [1.29, 1.82) is 0 Å². The van der Waals surface area contributed by atoms with Gasteiger partial charge in [-0.05, 0) is 55.3 Å². The van der Waals surface area contributed by atoms with Crippen molar-refractivity contribution in [3.63, 3.8) is 0 Å². The molecule has 0 unspecified atom stereocenters. The van der Waals surface area contributed by atoms with Crippen LogP contribution < -0.4 is 24.5 Å². The predicted octanol–water partition coefficient (Wildman–Crippen LogP) is 5.81. The van der Waals surface area contributed by atoms with Crippen LogP contribution in [0, 0.1) is 0 Å². The van der Waals surface area contributed by atoms with E-state index in [0.717, 1.165) is 16.9 Å². The molecule has 45 heavy (non-hydrogen) atoms. The number of anilines is 1. The number of aromatic nitrogens is 1. The molecule has 11 heteroatoms. The number of hydrogen-bond acceptors (Lipinski definition) is 7. The first-order chi connectivity index (χ1) is 21.8. The maximum atomic E-state index is 14.6. The number of hydrogen-bond donors (Lipinski definition) is 0. The summed E-state index contributed by atoms with van der Waals surface area (Å²) < 4.78 is 12.9. The van der Waals surface area contributed by atoms with Gasteiger partial charge in [0.25, 0.3) is 11.5 Å². The molecule has 1 aromatic heterocycles. The van der Waals surface area contributed by atoms with Gasteiger partial charge in [-0.1, -0.05) is 78.2 Å².